The number of hydrogen-bond donors (Lipinski definition) is 2. The van der Waals surface area contributed by atoms with Crippen molar-refractivity contribution >= 4 is 0 Å². The minimum atomic E-state index is 0.255. The Kier molecular flexibility index (Phi) is 2.06. The van der Waals surface area contributed by atoms with Crippen LogP contribution < -0.4 is 10.6 Å². The van der Waals surface area contributed by atoms with Crippen molar-refractivity contribution in [2.45, 2.75) is 13.1 Å². The van der Waals surface area contributed by atoms with Crippen LogP contribution in [-0.4, -0.2) is 18.1 Å². The van der Waals surface area contributed by atoms with Crippen LogP contribution in [0, 0.1) is 6.92 Å². The highest BCUT2D eigenvalue weighted by molar-refractivity contribution is 5.17. The van der Waals surface area contributed by atoms with E-state index in [1.807, 2.05) is 12.3 Å². The van der Waals surface area contributed by atoms with E-state index < -0.39 is 0 Å². The number of pyridine rings is 1. The number of nitrogens with zero attached hydrogens (tertiary/aromatic N) is 1. The third-order valence-electron chi connectivity index (χ3n) is 2.05. The van der Waals surface area contributed by atoms with Crippen LogP contribution in [-0.2, 0) is 0 Å². The maximum Gasteiger partial charge on any atom is 0.101 e. The molecule has 0 bridgehead atoms. The fourth-order valence-corrected chi connectivity index (χ4v) is 1.43. The second-order valence-electron chi connectivity index (χ2n) is 3.10. The molecule has 0 unspecified atom stereocenters. The summed E-state index contributed by atoms with van der Waals surface area (Å²) in [4.78, 5) is 4.30. The molecule has 1 saturated heterocycles. The summed E-state index contributed by atoms with van der Waals surface area (Å²) in [5, 5.41) is 6.65. The fraction of sp³-hybridized carbons (Fsp3) is 0.444. The summed E-state index contributed by atoms with van der Waals surface area (Å²) in [7, 11) is 0. The molecule has 1 aromatic heterocycles. The lowest BCUT2D eigenvalue weighted by atomic mass is 10.2. The minimum Gasteiger partial charge on any atom is -0.296 e. The first-order valence-electron chi connectivity index (χ1n) is 4.25. The van der Waals surface area contributed by atoms with Gasteiger partial charge < -0.3 is 0 Å². The molecule has 2 N–H and O–H groups in total. The Balaban J connectivity index is 2.21. The van der Waals surface area contributed by atoms with E-state index in [1.54, 1.807) is 0 Å². The molecule has 0 amide bonds. The van der Waals surface area contributed by atoms with Crippen molar-refractivity contribution in [3.05, 3.63) is 29.6 Å². The molecular weight excluding hydrogens is 150 g/mol. The first-order valence-corrected chi connectivity index (χ1v) is 4.25. The van der Waals surface area contributed by atoms with E-state index in [-0.39, 0.29) is 6.17 Å². The molecular formula is C9H13N3. The van der Waals surface area contributed by atoms with Crippen LogP contribution in [0.4, 0.5) is 0 Å². The van der Waals surface area contributed by atoms with Crippen LogP contribution in [0.1, 0.15) is 17.4 Å². The van der Waals surface area contributed by atoms with Crippen molar-refractivity contribution in [2.24, 2.45) is 0 Å². The van der Waals surface area contributed by atoms with Crippen molar-refractivity contribution in [3.63, 3.8) is 0 Å². The Morgan fingerprint density at radius 3 is 2.83 bits per heavy atom. The van der Waals surface area contributed by atoms with Crippen LogP contribution in [0.2, 0.25) is 0 Å². The number of rotatable bonds is 1. The van der Waals surface area contributed by atoms with Gasteiger partial charge in [0.1, 0.15) is 6.17 Å². The maximum atomic E-state index is 4.30. The third kappa shape index (κ3) is 1.47. The fourth-order valence-electron chi connectivity index (χ4n) is 1.43. The summed E-state index contributed by atoms with van der Waals surface area (Å²) < 4.78 is 0. The zero-order valence-corrected chi connectivity index (χ0v) is 7.17. The van der Waals surface area contributed by atoms with E-state index in [2.05, 4.69) is 28.6 Å². The smallest absolute Gasteiger partial charge is 0.101 e. The first kappa shape index (κ1) is 7.71. The van der Waals surface area contributed by atoms with E-state index in [1.165, 1.54) is 5.56 Å². The number of aromatic nitrogens is 1. The molecule has 1 aromatic rings. The highest BCUT2D eigenvalue weighted by Gasteiger charge is 2.15. The summed E-state index contributed by atoms with van der Waals surface area (Å²) in [5.41, 5.74) is 2.35. The standard InChI is InChI=1S/C9H13N3/c1-7-2-3-10-8(6-7)9-11-4-5-12-9/h2-3,6,9,11-12H,4-5H2,1H3. The molecule has 64 valence electrons. The zero-order chi connectivity index (χ0) is 8.39. The van der Waals surface area contributed by atoms with E-state index in [0.29, 0.717) is 0 Å². The topological polar surface area (TPSA) is 37.0 Å². The minimum absolute atomic E-state index is 0.255. The SMILES string of the molecule is Cc1ccnc(C2NCCN2)c1. The van der Waals surface area contributed by atoms with Crippen molar-refractivity contribution in [3.8, 4) is 0 Å². The molecule has 0 spiro atoms. The Hall–Kier alpha value is -0.930. The van der Waals surface area contributed by atoms with Gasteiger partial charge in [-0.3, -0.25) is 15.6 Å². The summed E-state index contributed by atoms with van der Waals surface area (Å²) in [6, 6.07) is 4.12. The molecule has 0 aliphatic carbocycles. The molecule has 3 nitrogen and oxygen atoms in total. The molecule has 0 saturated carbocycles. The normalized spacial score (nSPS) is 18.4. The lowest BCUT2D eigenvalue weighted by Gasteiger charge is -2.09. The molecule has 12 heavy (non-hydrogen) atoms. The van der Waals surface area contributed by atoms with Gasteiger partial charge in [-0.25, -0.2) is 0 Å². The quantitative estimate of drug-likeness (QED) is 0.636. The first-order chi connectivity index (χ1) is 5.86. The Morgan fingerprint density at radius 2 is 2.17 bits per heavy atom. The molecule has 2 rings (SSSR count). The molecule has 0 atom stereocenters. The molecule has 1 aliphatic heterocycles. The van der Waals surface area contributed by atoms with E-state index in [0.717, 1.165) is 18.8 Å². The van der Waals surface area contributed by atoms with Crippen LogP contribution in [0.5, 0.6) is 0 Å². The zero-order valence-electron chi connectivity index (χ0n) is 7.17. The van der Waals surface area contributed by atoms with Crippen LogP contribution in [0.3, 0.4) is 0 Å². The highest BCUT2D eigenvalue weighted by Crippen LogP contribution is 2.10. The monoisotopic (exact) mass is 163 g/mol. The Bertz CT molecular complexity index is 266. The molecule has 2 heterocycles. The van der Waals surface area contributed by atoms with Crippen molar-refractivity contribution in [1.29, 1.82) is 0 Å². The van der Waals surface area contributed by atoms with Gasteiger partial charge in [0.2, 0.25) is 0 Å². The van der Waals surface area contributed by atoms with E-state index in [9.17, 15) is 0 Å². The van der Waals surface area contributed by atoms with E-state index in [4.69, 9.17) is 0 Å². The average molecular weight is 163 g/mol. The number of hydrogen-bond acceptors (Lipinski definition) is 3. The number of aryl methyl sites for hydroxylation is 1. The molecule has 1 fully saturated rings. The summed E-state index contributed by atoms with van der Waals surface area (Å²) in [6.45, 7) is 4.14. The van der Waals surface area contributed by atoms with Gasteiger partial charge in [0.15, 0.2) is 0 Å². The van der Waals surface area contributed by atoms with Crippen molar-refractivity contribution in [2.75, 3.05) is 13.1 Å². The van der Waals surface area contributed by atoms with Gasteiger partial charge in [0.05, 0.1) is 5.69 Å². The third-order valence-corrected chi connectivity index (χ3v) is 2.05. The Labute approximate surface area is 72.2 Å². The highest BCUT2D eigenvalue weighted by atomic mass is 15.2. The second-order valence-corrected chi connectivity index (χ2v) is 3.10. The van der Waals surface area contributed by atoms with Crippen molar-refractivity contribution < 1.29 is 0 Å². The molecule has 0 radical (unpaired) electrons. The lowest BCUT2D eigenvalue weighted by Crippen LogP contribution is -2.22. The predicted molar refractivity (Wildman–Crippen MR) is 47.7 cm³/mol. The molecule has 1 aliphatic rings. The van der Waals surface area contributed by atoms with Crippen LogP contribution in [0.15, 0.2) is 18.3 Å². The van der Waals surface area contributed by atoms with Crippen LogP contribution in [0.25, 0.3) is 0 Å². The van der Waals surface area contributed by atoms with Crippen LogP contribution >= 0.6 is 0 Å². The molecule has 3 heteroatoms. The van der Waals surface area contributed by atoms with Gasteiger partial charge in [-0.05, 0) is 24.6 Å². The van der Waals surface area contributed by atoms with Gasteiger partial charge in [-0.15, -0.1) is 0 Å². The van der Waals surface area contributed by atoms with Gasteiger partial charge in [-0.1, -0.05) is 0 Å². The largest absolute Gasteiger partial charge is 0.296 e. The van der Waals surface area contributed by atoms with Gasteiger partial charge >= 0.3 is 0 Å². The summed E-state index contributed by atoms with van der Waals surface area (Å²) in [5.74, 6) is 0. The van der Waals surface area contributed by atoms with E-state index >= 15 is 0 Å². The number of nitrogens with one attached hydrogen (secondary N) is 2. The molecule has 0 aromatic carbocycles. The summed E-state index contributed by atoms with van der Waals surface area (Å²) >= 11 is 0. The van der Waals surface area contributed by atoms with Gasteiger partial charge in [0, 0.05) is 19.3 Å². The van der Waals surface area contributed by atoms with Gasteiger partial charge in [-0.2, -0.15) is 0 Å². The average Bonchev–Trinajstić information content (AvgIpc) is 2.56. The summed E-state index contributed by atoms with van der Waals surface area (Å²) in [6.07, 6.45) is 2.11. The predicted octanol–water partition coefficient (Wildman–Crippen LogP) is 0.581. The van der Waals surface area contributed by atoms with Gasteiger partial charge in [0.25, 0.3) is 0 Å². The Morgan fingerprint density at radius 1 is 1.42 bits per heavy atom. The second kappa shape index (κ2) is 3.21. The maximum absolute atomic E-state index is 4.30. The lowest BCUT2D eigenvalue weighted by molar-refractivity contribution is 0.571. The van der Waals surface area contributed by atoms with Crippen molar-refractivity contribution in [1.82, 2.24) is 15.6 Å².